The topological polar surface area (TPSA) is 104 Å². The number of nitrogen functional groups attached to an aromatic ring is 1. The predicted molar refractivity (Wildman–Crippen MR) is 80.3 cm³/mol. The summed E-state index contributed by atoms with van der Waals surface area (Å²) in [6.07, 6.45) is 1.75. The third-order valence-corrected chi connectivity index (χ3v) is 3.81. The molecule has 2 heterocycles. The van der Waals surface area contributed by atoms with E-state index in [0.29, 0.717) is 16.8 Å². The highest BCUT2D eigenvalue weighted by atomic mass is 16.4. The van der Waals surface area contributed by atoms with Gasteiger partial charge in [0.1, 0.15) is 0 Å². The van der Waals surface area contributed by atoms with E-state index in [1.54, 1.807) is 6.07 Å². The number of fused-ring (bicyclic) bond motifs is 1. The van der Waals surface area contributed by atoms with Gasteiger partial charge in [0.2, 0.25) is 5.91 Å². The largest absolute Gasteiger partial charge is 0.417 e. The molecule has 0 bridgehead atoms. The molecule has 0 radical (unpaired) electrons. The third kappa shape index (κ3) is 2.72. The molecule has 1 saturated heterocycles. The molecule has 0 atom stereocenters. The SMILES string of the molecule is CC(=O)NC1CCN(c2cc3[nH]c(=O)oc3cc2N)CC1. The molecule has 0 saturated carbocycles. The molecule has 1 aromatic heterocycles. The van der Waals surface area contributed by atoms with Crippen LogP contribution < -0.4 is 21.7 Å². The predicted octanol–water partition coefficient (Wildman–Crippen LogP) is 0.808. The van der Waals surface area contributed by atoms with Crippen molar-refractivity contribution in [3.63, 3.8) is 0 Å². The average molecular weight is 290 g/mol. The number of nitrogens with two attached hydrogens (primary N) is 1. The maximum atomic E-state index is 11.2. The van der Waals surface area contributed by atoms with Crippen LogP contribution in [-0.4, -0.2) is 30.0 Å². The Kier molecular flexibility index (Phi) is 3.32. The highest BCUT2D eigenvalue weighted by Gasteiger charge is 2.21. The normalized spacial score (nSPS) is 16.3. The molecule has 1 aliphatic heterocycles. The van der Waals surface area contributed by atoms with Crippen molar-refractivity contribution >= 4 is 28.4 Å². The first kappa shape index (κ1) is 13.5. The minimum atomic E-state index is -0.481. The molecule has 0 unspecified atom stereocenters. The first-order chi connectivity index (χ1) is 10.0. The van der Waals surface area contributed by atoms with Gasteiger partial charge in [0.15, 0.2) is 5.58 Å². The van der Waals surface area contributed by atoms with E-state index in [9.17, 15) is 9.59 Å². The van der Waals surface area contributed by atoms with E-state index in [-0.39, 0.29) is 11.9 Å². The van der Waals surface area contributed by atoms with Crippen LogP contribution in [0.25, 0.3) is 11.1 Å². The Hall–Kier alpha value is -2.44. The van der Waals surface area contributed by atoms with E-state index in [1.165, 1.54) is 6.92 Å². The van der Waals surface area contributed by atoms with E-state index >= 15 is 0 Å². The van der Waals surface area contributed by atoms with Gasteiger partial charge in [0.05, 0.1) is 16.9 Å². The fourth-order valence-corrected chi connectivity index (χ4v) is 2.83. The quantitative estimate of drug-likeness (QED) is 0.710. The highest BCUT2D eigenvalue weighted by Crippen LogP contribution is 2.30. The zero-order valence-electron chi connectivity index (χ0n) is 11.8. The van der Waals surface area contributed by atoms with Crippen LogP contribution in [-0.2, 0) is 4.79 Å². The number of carbonyl (C=O) groups is 1. The van der Waals surface area contributed by atoms with E-state index in [1.807, 2.05) is 6.07 Å². The molecule has 1 aromatic carbocycles. The number of H-pyrrole nitrogens is 1. The van der Waals surface area contributed by atoms with Gasteiger partial charge in [0.25, 0.3) is 0 Å². The fourth-order valence-electron chi connectivity index (χ4n) is 2.83. The smallest absolute Gasteiger partial charge is 0.408 e. The van der Waals surface area contributed by atoms with Crippen molar-refractivity contribution in [1.82, 2.24) is 10.3 Å². The van der Waals surface area contributed by atoms with Gasteiger partial charge in [-0.25, -0.2) is 4.79 Å². The molecule has 7 nitrogen and oxygen atoms in total. The van der Waals surface area contributed by atoms with Gasteiger partial charge in [-0.2, -0.15) is 0 Å². The Balaban J connectivity index is 1.80. The summed E-state index contributed by atoms with van der Waals surface area (Å²) in [7, 11) is 0. The molecular formula is C14H18N4O3. The lowest BCUT2D eigenvalue weighted by Gasteiger charge is -2.34. The number of anilines is 2. The lowest BCUT2D eigenvalue weighted by atomic mass is 10.0. The lowest BCUT2D eigenvalue weighted by Crippen LogP contribution is -2.44. The third-order valence-electron chi connectivity index (χ3n) is 3.81. The monoisotopic (exact) mass is 290 g/mol. The number of carbonyl (C=O) groups excluding carboxylic acids is 1. The standard InChI is InChI=1S/C14H18N4O3/c1-8(19)16-9-2-4-18(5-3-9)12-7-11-13(6-10(12)15)21-14(20)17-11/h6-7,9H,2-5,15H2,1H3,(H,16,19)(H,17,20). The second kappa shape index (κ2) is 5.16. The highest BCUT2D eigenvalue weighted by molar-refractivity contribution is 5.85. The number of piperidine rings is 1. The number of rotatable bonds is 2. The first-order valence-corrected chi connectivity index (χ1v) is 6.97. The van der Waals surface area contributed by atoms with Gasteiger partial charge in [-0.15, -0.1) is 0 Å². The second-order valence-corrected chi connectivity index (χ2v) is 5.38. The maximum Gasteiger partial charge on any atom is 0.417 e. The number of oxazole rings is 1. The minimum absolute atomic E-state index is 0.00496. The Bertz CT molecular complexity index is 725. The van der Waals surface area contributed by atoms with Gasteiger partial charge in [-0.1, -0.05) is 0 Å². The molecule has 112 valence electrons. The molecular weight excluding hydrogens is 272 g/mol. The Morgan fingerprint density at radius 2 is 2.14 bits per heavy atom. The van der Waals surface area contributed by atoms with Gasteiger partial charge < -0.3 is 20.4 Å². The van der Waals surface area contributed by atoms with Crippen LogP contribution in [0.4, 0.5) is 11.4 Å². The molecule has 4 N–H and O–H groups in total. The van der Waals surface area contributed by atoms with Gasteiger partial charge in [0, 0.05) is 32.1 Å². The van der Waals surface area contributed by atoms with Crippen LogP contribution in [0.15, 0.2) is 21.3 Å². The van der Waals surface area contributed by atoms with Crippen molar-refractivity contribution < 1.29 is 9.21 Å². The van der Waals surface area contributed by atoms with Crippen molar-refractivity contribution in [2.75, 3.05) is 23.7 Å². The van der Waals surface area contributed by atoms with Gasteiger partial charge >= 0.3 is 5.76 Å². The van der Waals surface area contributed by atoms with Crippen LogP contribution in [0, 0.1) is 0 Å². The number of nitrogens with zero attached hydrogens (tertiary/aromatic N) is 1. The maximum absolute atomic E-state index is 11.2. The first-order valence-electron chi connectivity index (χ1n) is 6.97. The zero-order chi connectivity index (χ0) is 15.0. The fraction of sp³-hybridized carbons (Fsp3) is 0.429. The van der Waals surface area contributed by atoms with E-state index in [0.717, 1.165) is 31.6 Å². The average Bonchev–Trinajstić information content (AvgIpc) is 2.77. The number of aromatic amines is 1. The summed E-state index contributed by atoms with van der Waals surface area (Å²) in [6.45, 7) is 3.15. The number of hydrogen-bond acceptors (Lipinski definition) is 5. The van der Waals surface area contributed by atoms with Crippen molar-refractivity contribution in [3.05, 3.63) is 22.7 Å². The lowest BCUT2D eigenvalue weighted by molar-refractivity contribution is -0.119. The summed E-state index contributed by atoms with van der Waals surface area (Å²) in [4.78, 5) is 27.1. The molecule has 1 aliphatic rings. The summed E-state index contributed by atoms with van der Waals surface area (Å²) >= 11 is 0. The molecule has 0 aliphatic carbocycles. The van der Waals surface area contributed by atoms with Crippen molar-refractivity contribution in [2.45, 2.75) is 25.8 Å². The molecule has 1 fully saturated rings. The summed E-state index contributed by atoms with van der Waals surface area (Å²) in [5.41, 5.74) is 8.64. The zero-order valence-corrected chi connectivity index (χ0v) is 11.8. The van der Waals surface area contributed by atoms with Crippen molar-refractivity contribution in [1.29, 1.82) is 0 Å². The molecule has 1 amide bonds. The summed E-state index contributed by atoms with van der Waals surface area (Å²) < 4.78 is 4.99. The molecule has 7 heteroatoms. The molecule has 3 rings (SSSR count). The van der Waals surface area contributed by atoms with E-state index < -0.39 is 5.76 Å². The van der Waals surface area contributed by atoms with E-state index in [2.05, 4.69) is 15.2 Å². The number of benzene rings is 1. The summed E-state index contributed by atoms with van der Waals surface area (Å²) in [5, 5.41) is 2.94. The Morgan fingerprint density at radius 3 is 2.81 bits per heavy atom. The van der Waals surface area contributed by atoms with Crippen LogP contribution in [0.1, 0.15) is 19.8 Å². The number of aromatic nitrogens is 1. The molecule has 2 aromatic rings. The number of amides is 1. The molecule has 21 heavy (non-hydrogen) atoms. The van der Waals surface area contributed by atoms with E-state index in [4.69, 9.17) is 10.2 Å². The second-order valence-electron chi connectivity index (χ2n) is 5.38. The summed E-state index contributed by atoms with van der Waals surface area (Å²) in [5.74, 6) is -0.476. The minimum Gasteiger partial charge on any atom is -0.408 e. The molecule has 0 spiro atoms. The van der Waals surface area contributed by atoms with Crippen molar-refractivity contribution in [2.24, 2.45) is 0 Å². The van der Waals surface area contributed by atoms with Crippen molar-refractivity contribution in [3.8, 4) is 0 Å². The number of nitrogens with one attached hydrogen (secondary N) is 2. The van der Waals surface area contributed by atoms with Crippen LogP contribution >= 0.6 is 0 Å². The Labute approximate surface area is 121 Å². The van der Waals surface area contributed by atoms with Crippen LogP contribution in [0.5, 0.6) is 0 Å². The number of hydrogen-bond donors (Lipinski definition) is 3. The van der Waals surface area contributed by atoms with Crippen LogP contribution in [0.3, 0.4) is 0 Å². The van der Waals surface area contributed by atoms with Crippen LogP contribution in [0.2, 0.25) is 0 Å². The van der Waals surface area contributed by atoms with Gasteiger partial charge in [-0.05, 0) is 18.9 Å². The van der Waals surface area contributed by atoms with Gasteiger partial charge in [-0.3, -0.25) is 9.78 Å². The summed E-state index contributed by atoms with van der Waals surface area (Å²) in [6, 6.07) is 3.73. The Morgan fingerprint density at radius 1 is 1.43 bits per heavy atom.